The molecule has 1 aromatic carbocycles. The molecule has 0 aliphatic heterocycles. The zero-order chi connectivity index (χ0) is 11.3. The fourth-order valence-corrected chi connectivity index (χ4v) is 1.26. The van der Waals surface area contributed by atoms with E-state index in [1.807, 2.05) is 19.1 Å². The van der Waals surface area contributed by atoms with Crippen LogP contribution in [0.3, 0.4) is 0 Å². The second-order valence-corrected chi connectivity index (χ2v) is 4.10. The molecule has 2 heteroatoms. The third-order valence-corrected chi connectivity index (χ3v) is 2.46. The maximum Gasteiger partial charge on any atom is 0.119 e. The quantitative estimate of drug-likeness (QED) is 0.806. The van der Waals surface area contributed by atoms with Crippen LogP contribution in [0.4, 0.5) is 0 Å². The zero-order valence-electron chi connectivity index (χ0n) is 9.73. The number of rotatable bonds is 5. The molecule has 1 atom stereocenters. The summed E-state index contributed by atoms with van der Waals surface area (Å²) in [6, 6.07) is 8.05. The molecule has 15 heavy (non-hydrogen) atoms. The summed E-state index contributed by atoms with van der Waals surface area (Å²) in [6.07, 6.45) is 0.360. The van der Waals surface area contributed by atoms with E-state index in [0.29, 0.717) is 12.5 Å². The van der Waals surface area contributed by atoms with Gasteiger partial charge in [-0.2, -0.15) is 0 Å². The first-order valence-corrected chi connectivity index (χ1v) is 5.54. The first-order chi connectivity index (χ1) is 7.13. The molecule has 0 bridgehead atoms. The van der Waals surface area contributed by atoms with Gasteiger partial charge in [0.15, 0.2) is 0 Å². The molecular formula is C13H20O2. The Labute approximate surface area is 91.9 Å². The maximum absolute atomic E-state index is 9.34. The summed E-state index contributed by atoms with van der Waals surface area (Å²) in [5.74, 6) is 1.37. The predicted octanol–water partition coefficient (Wildman–Crippen LogP) is 2.96. The van der Waals surface area contributed by atoms with Crippen LogP contribution in [0.25, 0.3) is 0 Å². The van der Waals surface area contributed by atoms with Crippen LogP contribution in [-0.2, 0) is 0 Å². The van der Waals surface area contributed by atoms with Crippen molar-refractivity contribution in [2.45, 2.75) is 39.2 Å². The minimum atomic E-state index is -0.366. The highest BCUT2D eigenvalue weighted by Crippen LogP contribution is 2.18. The Hall–Kier alpha value is -1.02. The molecule has 0 heterocycles. The summed E-state index contributed by atoms with van der Waals surface area (Å²) in [5, 5.41) is 9.34. The monoisotopic (exact) mass is 208 g/mol. The van der Waals surface area contributed by atoms with Crippen molar-refractivity contribution in [2.24, 2.45) is 0 Å². The molecule has 84 valence electrons. The van der Waals surface area contributed by atoms with Gasteiger partial charge in [0.2, 0.25) is 0 Å². The van der Waals surface area contributed by atoms with E-state index >= 15 is 0 Å². The van der Waals surface area contributed by atoms with Gasteiger partial charge in [-0.05, 0) is 30.0 Å². The standard InChI is InChI=1S/C13H20O2/c1-4-12(14)9-15-13-7-5-11(6-8-13)10(2)3/h5-8,10,12,14H,4,9H2,1-3H3. The Morgan fingerprint density at radius 3 is 2.27 bits per heavy atom. The van der Waals surface area contributed by atoms with Gasteiger partial charge in [-0.3, -0.25) is 0 Å². The summed E-state index contributed by atoms with van der Waals surface area (Å²) in [6.45, 7) is 6.64. The van der Waals surface area contributed by atoms with Crippen molar-refractivity contribution in [3.63, 3.8) is 0 Å². The third kappa shape index (κ3) is 3.92. The third-order valence-electron chi connectivity index (χ3n) is 2.46. The van der Waals surface area contributed by atoms with Crippen molar-refractivity contribution in [3.05, 3.63) is 29.8 Å². The van der Waals surface area contributed by atoms with E-state index in [1.54, 1.807) is 0 Å². The summed E-state index contributed by atoms with van der Waals surface area (Å²) in [4.78, 5) is 0. The first kappa shape index (κ1) is 12.1. The fourth-order valence-electron chi connectivity index (χ4n) is 1.26. The SMILES string of the molecule is CCC(O)COc1ccc(C(C)C)cc1. The normalized spacial score (nSPS) is 12.9. The number of benzene rings is 1. The van der Waals surface area contributed by atoms with Gasteiger partial charge in [-0.25, -0.2) is 0 Å². The molecule has 0 saturated carbocycles. The van der Waals surface area contributed by atoms with E-state index in [0.717, 1.165) is 12.2 Å². The lowest BCUT2D eigenvalue weighted by atomic mass is 10.0. The Morgan fingerprint density at radius 2 is 1.80 bits per heavy atom. The van der Waals surface area contributed by atoms with E-state index in [4.69, 9.17) is 4.74 Å². The Morgan fingerprint density at radius 1 is 1.20 bits per heavy atom. The number of aliphatic hydroxyl groups is 1. The van der Waals surface area contributed by atoms with Crippen LogP contribution in [0.15, 0.2) is 24.3 Å². The average molecular weight is 208 g/mol. The molecule has 0 aliphatic rings. The van der Waals surface area contributed by atoms with Crippen molar-refractivity contribution >= 4 is 0 Å². The molecule has 1 aromatic rings. The number of aliphatic hydroxyl groups excluding tert-OH is 1. The first-order valence-electron chi connectivity index (χ1n) is 5.54. The van der Waals surface area contributed by atoms with Crippen LogP contribution in [0.1, 0.15) is 38.7 Å². The summed E-state index contributed by atoms with van der Waals surface area (Å²) in [7, 11) is 0. The molecule has 0 fully saturated rings. The summed E-state index contributed by atoms with van der Waals surface area (Å²) >= 11 is 0. The van der Waals surface area contributed by atoms with Crippen molar-refractivity contribution in [3.8, 4) is 5.75 Å². The average Bonchev–Trinajstić information content (AvgIpc) is 2.26. The van der Waals surface area contributed by atoms with Gasteiger partial charge in [0.1, 0.15) is 12.4 Å². The molecule has 1 unspecified atom stereocenters. The topological polar surface area (TPSA) is 29.5 Å². The number of hydrogen-bond acceptors (Lipinski definition) is 2. The van der Waals surface area contributed by atoms with Gasteiger partial charge < -0.3 is 9.84 Å². The van der Waals surface area contributed by atoms with Crippen LogP contribution < -0.4 is 4.74 Å². The second-order valence-electron chi connectivity index (χ2n) is 4.10. The van der Waals surface area contributed by atoms with Gasteiger partial charge >= 0.3 is 0 Å². The molecule has 1 rings (SSSR count). The van der Waals surface area contributed by atoms with Gasteiger partial charge in [-0.1, -0.05) is 32.9 Å². The highest BCUT2D eigenvalue weighted by atomic mass is 16.5. The molecule has 0 saturated heterocycles. The summed E-state index contributed by atoms with van der Waals surface area (Å²) in [5.41, 5.74) is 1.30. The predicted molar refractivity (Wildman–Crippen MR) is 62.3 cm³/mol. The van der Waals surface area contributed by atoms with Crippen LogP contribution in [0.2, 0.25) is 0 Å². The van der Waals surface area contributed by atoms with Gasteiger partial charge in [0, 0.05) is 0 Å². The van der Waals surface area contributed by atoms with Crippen LogP contribution >= 0.6 is 0 Å². The molecule has 0 radical (unpaired) electrons. The largest absolute Gasteiger partial charge is 0.491 e. The van der Waals surface area contributed by atoms with Crippen LogP contribution in [0, 0.1) is 0 Å². The van der Waals surface area contributed by atoms with Crippen LogP contribution in [-0.4, -0.2) is 17.8 Å². The molecular weight excluding hydrogens is 188 g/mol. The van der Waals surface area contributed by atoms with E-state index in [1.165, 1.54) is 5.56 Å². The van der Waals surface area contributed by atoms with Gasteiger partial charge in [0.25, 0.3) is 0 Å². The van der Waals surface area contributed by atoms with Crippen molar-refractivity contribution < 1.29 is 9.84 Å². The lowest BCUT2D eigenvalue weighted by molar-refractivity contribution is 0.104. The van der Waals surface area contributed by atoms with E-state index < -0.39 is 0 Å². The van der Waals surface area contributed by atoms with Crippen molar-refractivity contribution in [2.75, 3.05) is 6.61 Å². The minimum absolute atomic E-state index is 0.366. The molecule has 2 nitrogen and oxygen atoms in total. The highest BCUT2D eigenvalue weighted by Gasteiger charge is 2.02. The van der Waals surface area contributed by atoms with Crippen molar-refractivity contribution in [1.29, 1.82) is 0 Å². The van der Waals surface area contributed by atoms with Crippen LogP contribution in [0.5, 0.6) is 5.75 Å². The van der Waals surface area contributed by atoms with E-state index in [9.17, 15) is 5.11 Å². The molecule has 1 N–H and O–H groups in total. The Bertz CT molecular complexity index is 277. The van der Waals surface area contributed by atoms with Gasteiger partial charge in [-0.15, -0.1) is 0 Å². The Balaban J connectivity index is 2.50. The van der Waals surface area contributed by atoms with E-state index in [-0.39, 0.29) is 6.10 Å². The zero-order valence-corrected chi connectivity index (χ0v) is 9.73. The Kier molecular flexibility index (Phi) is 4.63. The number of hydrogen-bond donors (Lipinski definition) is 1. The van der Waals surface area contributed by atoms with Crippen molar-refractivity contribution in [1.82, 2.24) is 0 Å². The molecule has 0 aliphatic carbocycles. The number of ether oxygens (including phenoxy) is 1. The smallest absolute Gasteiger partial charge is 0.119 e. The highest BCUT2D eigenvalue weighted by molar-refractivity contribution is 5.28. The fraction of sp³-hybridized carbons (Fsp3) is 0.538. The lowest BCUT2D eigenvalue weighted by Gasteiger charge is -2.11. The minimum Gasteiger partial charge on any atom is -0.491 e. The maximum atomic E-state index is 9.34. The molecule has 0 amide bonds. The van der Waals surface area contributed by atoms with E-state index in [2.05, 4.69) is 26.0 Å². The molecule has 0 aromatic heterocycles. The molecule has 0 spiro atoms. The lowest BCUT2D eigenvalue weighted by Crippen LogP contribution is -2.15. The second kappa shape index (κ2) is 5.76. The van der Waals surface area contributed by atoms with Gasteiger partial charge in [0.05, 0.1) is 6.10 Å². The summed E-state index contributed by atoms with van der Waals surface area (Å²) < 4.78 is 5.44.